The molecule has 5 atom stereocenters. The van der Waals surface area contributed by atoms with Crippen molar-refractivity contribution >= 4 is 6.08 Å². The number of ether oxygens (including phenoxy) is 4. The average Bonchev–Trinajstić information content (AvgIpc) is 2.62. The normalized spacial score (nSPS) is 29.6. The molecule has 1 aromatic carbocycles. The number of hydrogen-bond acceptors (Lipinski definition) is 8. The van der Waals surface area contributed by atoms with Crippen LogP contribution < -0.4 is 14.2 Å². The number of allylic oxidation sites excluding steroid dienone is 1. The number of methoxy groups -OCH3 is 2. The molecule has 8 heteroatoms. The van der Waals surface area contributed by atoms with Gasteiger partial charge in [0.2, 0.25) is 12.0 Å². The van der Waals surface area contributed by atoms with Gasteiger partial charge in [0.25, 0.3) is 0 Å². The molecule has 1 fully saturated rings. The van der Waals surface area contributed by atoms with Gasteiger partial charge in [0.15, 0.2) is 11.5 Å². The first-order chi connectivity index (χ1) is 12.0. The van der Waals surface area contributed by atoms with Gasteiger partial charge in [-0.25, -0.2) is 0 Å². The standard InChI is InChI=1S/C17H24O8/c1-4-5-9-6-10(22-2)16(11(7-9)23-3)25-17-15(21)14(20)13(19)12(8-18)24-17/h4-7,12-15,17-21H,8H2,1-3H3/b5-4+/t12-,13-,14+,15-,17+/m1/s1. The second-order valence-corrected chi connectivity index (χ2v) is 5.57. The summed E-state index contributed by atoms with van der Waals surface area (Å²) in [6, 6.07) is 3.42. The SMILES string of the molecule is C/C=C/c1cc(OC)c(O[C@@H]2O[C@H](CO)[C@@H](O)[C@H](O)[C@H]2O)c(OC)c1. The number of aliphatic hydroxyl groups excluding tert-OH is 4. The summed E-state index contributed by atoms with van der Waals surface area (Å²) in [4.78, 5) is 0. The smallest absolute Gasteiger partial charge is 0.229 e. The Hall–Kier alpha value is -1.84. The first-order valence-corrected chi connectivity index (χ1v) is 7.82. The molecular weight excluding hydrogens is 332 g/mol. The van der Waals surface area contributed by atoms with Crippen LogP contribution in [-0.2, 0) is 4.74 Å². The van der Waals surface area contributed by atoms with E-state index in [0.29, 0.717) is 11.5 Å². The quantitative estimate of drug-likeness (QED) is 0.559. The first-order valence-electron chi connectivity index (χ1n) is 7.82. The predicted octanol–water partition coefficient (Wildman–Crippen LogP) is -0.0844. The fraction of sp³-hybridized carbons (Fsp3) is 0.529. The van der Waals surface area contributed by atoms with Gasteiger partial charge in [-0.05, 0) is 24.6 Å². The highest BCUT2D eigenvalue weighted by atomic mass is 16.7. The minimum atomic E-state index is -1.53. The van der Waals surface area contributed by atoms with Crippen LogP contribution in [0.15, 0.2) is 18.2 Å². The van der Waals surface area contributed by atoms with Crippen molar-refractivity contribution in [2.75, 3.05) is 20.8 Å². The molecule has 0 saturated carbocycles. The van der Waals surface area contributed by atoms with E-state index >= 15 is 0 Å². The Balaban J connectivity index is 2.34. The van der Waals surface area contributed by atoms with Gasteiger partial charge in [0, 0.05) is 0 Å². The van der Waals surface area contributed by atoms with Crippen LogP contribution in [0.25, 0.3) is 6.08 Å². The minimum Gasteiger partial charge on any atom is -0.493 e. The van der Waals surface area contributed by atoms with E-state index in [9.17, 15) is 20.4 Å². The zero-order valence-corrected chi connectivity index (χ0v) is 14.3. The maximum atomic E-state index is 10.1. The summed E-state index contributed by atoms with van der Waals surface area (Å²) in [5.74, 6) is 0.844. The van der Waals surface area contributed by atoms with Crippen LogP contribution in [0.5, 0.6) is 17.2 Å². The molecule has 8 nitrogen and oxygen atoms in total. The molecule has 1 aromatic rings. The van der Waals surface area contributed by atoms with E-state index in [4.69, 9.17) is 18.9 Å². The Bertz CT molecular complexity index is 575. The van der Waals surface area contributed by atoms with E-state index in [2.05, 4.69) is 0 Å². The van der Waals surface area contributed by atoms with E-state index in [0.717, 1.165) is 5.56 Å². The van der Waals surface area contributed by atoms with Gasteiger partial charge < -0.3 is 39.4 Å². The monoisotopic (exact) mass is 356 g/mol. The lowest BCUT2D eigenvalue weighted by molar-refractivity contribution is -0.277. The van der Waals surface area contributed by atoms with E-state index in [1.807, 2.05) is 19.1 Å². The molecule has 0 amide bonds. The van der Waals surface area contributed by atoms with Crippen LogP contribution in [0.3, 0.4) is 0 Å². The number of benzene rings is 1. The Morgan fingerprint density at radius 1 is 1.04 bits per heavy atom. The zero-order chi connectivity index (χ0) is 18.6. The molecule has 0 radical (unpaired) electrons. The highest BCUT2D eigenvalue weighted by Gasteiger charge is 2.45. The maximum Gasteiger partial charge on any atom is 0.229 e. The first kappa shape index (κ1) is 19.5. The van der Waals surface area contributed by atoms with Crippen LogP contribution in [0.1, 0.15) is 12.5 Å². The molecule has 4 N–H and O–H groups in total. The van der Waals surface area contributed by atoms with E-state index in [1.54, 1.807) is 12.1 Å². The van der Waals surface area contributed by atoms with Crippen molar-refractivity contribution < 1.29 is 39.4 Å². The van der Waals surface area contributed by atoms with E-state index in [-0.39, 0.29) is 5.75 Å². The molecule has 140 valence electrons. The molecule has 1 aliphatic heterocycles. The molecule has 25 heavy (non-hydrogen) atoms. The lowest BCUT2D eigenvalue weighted by Gasteiger charge is -2.39. The molecular formula is C17H24O8. The molecule has 0 aliphatic carbocycles. The summed E-state index contributed by atoms with van der Waals surface area (Å²) < 4.78 is 21.7. The third-order valence-electron chi connectivity index (χ3n) is 3.92. The predicted molar refractivity (Wildman–Crippen MR) is 88.6 cm³/mol. The summed E-state index contributed by atoms with van der Waals surface area (Å²) in [5.41, 5.74) is 0.817. The van der Waals surface area contributed by atoms with Crippen LogP contribution in [0.4, 0.5) is 0 Å². The number of aliphatic hydroxyl groups is 4. The van der Waals surface area contributed by atoms with Crippen molar-refractivity contribution in [2.24, 2.45) is 0 Å². The second-order valence-electron chi connectivity index (χ2n) is 5.57. The number of hydrogen-bond donors (Lipinski definition) is 4. The van der Waals surface area contributed by atoms with Crippen molar-refractivity contribution in [3.05, 3.63) is 23.8 Å². The van der Waals surface area contributed by atoms with Crippen molar-refractivity contribution in [2.45, 2.75) is 37.6 Å². The topological polar surface area (TPSA) is 118 Å². The van der Waals surface area contributed by atoms with Crippen LogP contribution >= 0.6 is 0 Å². The number of rotatable bonds is 6. The fourth-order valence-corrected chi connectivity index (χ4v) is 2.59. The third-order valence-corrected chi connectivity index (χ3v) is 3.92. The highest BCUT2D eigenvalue weighted by molar-refractivity contribution is 5.62. The molecule has 2 rings (SSSR count). The van der Waals surface area contributed by atoms with Gasteiger partial charge in [-0.2, -0.15) is 0 Å². The second kappa shape index (κ2) is 8.50. The van der Waals surface area contributed by atoms with Crippen molar-refractivity contribution in [1.82, 2.24) is 0 Å². The minimum absolute atomic E-state index is 0.169. The summed E-state index contributed by atoms with van der Waals surface area (Å²) in [6.45, 7) is 1.33. The molecule has 0 unspecified atom stereocenters. The Kier molecular flexibility index (Phi) is 6.63. The van der Waals surface area contributed by atoms with Gasteiger partial charge in [-0.3, -0.25) is 0 Å². The van der Waals surface area contributed by atoms with Gasteiger partial charge in [0.05, 0.1) is 20.8 Å². The summed E-state index contributed by atoms with van der Waals surface area (Å²) in [5, 5.41) is 39.1. The Morgan fingerprint density at radius 2 is 1.64 bits per heavy atom. The van der Waals surface area contributed by atoms with Crippen LogP contribution in [0, 0.1) is 0 Å². The molecule has 0 bridgehead atoms. The average molecular weight is 356 g/mol. The van der Waals surface area contributed by atoms with Crippen LogP contribution in [0.2, 0.25) is 0 Å². The molecule has 1 saturated heterocycles. The summed E-state index contributed by atoms with van der Waals surface area (Å²) in [7, 11) is 2.91. The van der Waals surface area contributed by atoms with Crippen molar-refractivity contribution in [3.63, 3.8) is 0 Å². The lowest BCUT2D eigenvalue weighted by atomic mass is 9.99. The summed E-state index contributed by atoms with van der Waals surface area (Å²) in [6.07, 6.45) is -3.21. The van der Waals surface area contributed by atoms with Gasteiger partial charge in [-0.1, -0.05) is 12.2 Å². The van der Waals surface area contributed by atoms with Gasteiger partial charge in [0.1, 0.15) is 24.4 Å². The molecule has 1 aliphatic rings. The molecule has 0 aromatic heterocycles. The molecule has 0 spiro atoms. The zero-order valence-electron chi connectivity index (χ0n) is 14.3. The van der Waals surface area contributed by atoms with Gasteiger partial charge in [-0.15, -0.1) is 0 Å². The lowest BCUT2D eigenvalue weighted by Crippen LogP contribution is -2.60. The largest absolute Gasteiger partial charge is 0.493 e. The third kappa shape index (κ3) is 4.05. The van der Waals surface area contributed by atoms with E-state index < -0.39 is 37.3 Å². The van der Waals surface area contributed by atoms with Crippen LogP contribution in [-0.4, -0.2) is 72.0 Å². The van der Waals surface area contributed by atoms with Crippen molar-refractivity contribution in [3.8, 4) is 17.2 Å². The Morgan fingerprint density at radius 3 is 2.12 bits per heavy atom. The Labute approximate surface area is 145 Å². The fourth-order valence-electron chi connectivity index (χ4n) is 2.59. The van der Waals surface area contributed by atoms with E-state index in [1.165, 1.54) is 14.2 Å². The highest BCUT2D eigenvalue weighted by Crippen LogP contribution is 2.40. The van der Waals surface area contributed by atoms with Crippen molar-refractivity contribution in [1.29, 1.82) is 0 Å². The molecule has 1 heterocycles. The maximum absolute atomic E-state index is 10.1. The summed E-state index contributed by atoms with van der Waals surface area (Å²) >= 11 is 0. The van der Waals surface area contributed by atoms with Gasteiger partial charge >= 0.3 is 0 Å².